The zero-order valence-corrected chi connectivity index (χ0v) is 19.4. The molecule has 1 heterocycles. The van der Waals surface area contributed by atoms with Crippen molar-refractivity contribution >= 4 is 25.6 Å². The number of hydrogen-bond donors (Lipinski definition) is 1. The number of halogens is 6. The van der Waals surface area contributed by atoms with E-state index >= 15 is 0 Å². The van der Waals surface area contributed by atoms with Crippen LogP contribution < -0.4 is 5.32 Å². The van der Waals surface area contributed by atoms with Crippen LogP contribution in [0, 0.1) is 0 Å². The summed E-state index contributed by atoms with van der Waals surface area (Å²) in [6.07, 6.45) is -8.94. The summed E-state index contributed by atoms with van der Waals surface area (Å²) in [7, 11) is -8.82. The van der Waals surface area contributed by atoms with E-state index in [-0.39, 0.29) is 12.3 Å². The highest BCUT2D eigenvalue weighted by atomic mass is 32.2. The minimum Gasteiger partial charge on any atom is -0.349 e. The van der Waals surface area contributed by atoms with E-state index in [1.54, 1.807) is 0 Å². The third kappa shape index (κ3) is 5.87. The molecule has 0 aliphatic rings. The monoisotopic (exact) mass is 532 g/mol. The zero-order chi connectivity index (χ0) is 26.3. The van der Waals surface area contributed by atoms with Crippen LogP contribution in [0.25, 0.3) is 0 Å². The highest BCUT2D eigenvalue weighted by Crippen LogP contribution is 2.33. The Hall–Kier alpha value is -2.68. The van der Waals surface area contributed by atoms with Gasteiger partial charge in [-0.25, -0.2) is 21.8 Å². The average molecular weight is 532 g/mol. The fourth-order valence-corrected chi connectivity index (χ4v) is 4.96. The van der Waals surface area contributed by atoms with Gasteiger partial charge in [-0.05, 0) is 38.1 Å². The Labute approximate surface area is 191 Å². The molecular weight excluding hydrogens is 514 g/mol. The minimum atomic E-state index is -4.94. The summed E-state index contributed by atoms with van der Waals surface area (Å²) in [5.74, 6) is -1.29. The molecule has 0 radical (unpaired) electrons. The van der Waals surface area contributed by atoms with Gasteiger partial charge in [0.1, 0.15) is 5.69 Å². The SMILES string of the molecule is CC(C)(CNC(=O)c1ncc(C(F)(F)F)cc1S(C)(=O)=O)S(=O)(=O)c1cccc(C(F)(F)F)c1. The van der Waals surface area contributed by atoms with Crippen LogP contribution >= 0.6 is 0 Å². The normalized spacial score (nSPS) is 13.6. The van der Waals surface area contributed by atoms with Crippen LogP contribution in [0.15, 0.2) is 46.3 Å². The molecule has 1 amide bonds. The van der Waals surface area contributed by atoms with Crippen LogP contribution in [-0.4, -0.2) is 45.3 Å². The van der Waals surface area contributed by atoms with Gasteiger partial charge in [-0.1, -0.05) is 6.07 Å². The number of rotatable bonds is 6. The smallest absolute Gasteiger partial charge is 0.349 e. The number of carbonyl (C=O) groups is 1. The number of carbonyl (C=O) groups excluding carboxylic acids is 1. The molecule has 7 nitrogen and oxygen atoms in total. The van der Waals surface area contributed by atoms with Crippen molar-refractivity contribution in [1.29, 1.82) is 0 Å². The summed E-state index contributed by atoms with van der Waals surface area (Å²) in [6.45, 7) is 1.47. The van der Waals surface area contributed by atoms with Crippen molar-refractivity contribution in [3.63, 3.8) is 0 Å². The summed E-state index contributed by atoms with van der Waals surface area (Å²) in [5.41, 5.74) is -3.53. The van der Waals surface area contributed by atoms with Gasteiger partial charge in [-0.15, -0.1) is 0 Å². The number of amides is 1. The molecule has 1 N–H and O–H groups in total. The van der Waals surface area contributed by atoms with Gasteiger partial charge in [-0.2, -0.15) is 26.3 Å². The Morgan fingerprint density at radius 3 is 2.00 bits per heavy atom. The predicted octanol–water partition coefficient (Wildman–Crippen LogP) is 3.51. The molecule has 0 spiro atoms. The summed E-state index contributed by atoms with van der Waals surface area (Å²) < 4.78 is 125. The van der Waals surface area contributed by atoms with E-state index in [0.29, 0.717) is 18.4 Å². The van der Waals surface area contributed by atoms with Crippen LogP contribution in [0.2, 0.25) is 0 Å². The number of pyridine rings is 1. The molecule has 2 rings (SSSR count). The number of hydrogen-bond acceptors (Lipinski definition) is 6. The summed E-state index contributed by atoms with van der Waals surface area (Å²) in [4.78, 5) is 14.1. The number of sulfone groups is 2. The molecule has 188 valence electrons. The van der Waals surface area contributed by atoms with Gasteiger partial charge >= 0.3 is 12.4 Å². The molecule has 0 atom stereocenters. The van der Waals surface area contributed by atoms with E-state index in [1.807, 2.05) is 0 Å². The van der Waals surface area contributed by atoms with E-state index in [9.17, 15) is 48.0 Å². The molecule has 34 heavy (non-hydrogen) atoms. The molecule has 1 aromatic heterocycles. The highest BCUT2D eigenvalue weighted by molar-refractivity contribution is 7.92. The van der Waals surface area contributed by atoms with Crippen molar-refractivity contribution < 1.29 is 48.0 Å². The maximum absolute atomic E-state index is 13.0. The third-order valence-electron chi connectivity index (χ3n) is 4.67. The van der Waals surface area contributed by atoms with Crippen molar-refractivity contribution in [2.75, 3.05) is 12.8 Å². The molecule has 2 aromatic rings. The highest BCUT2D eigenvalue weighted by Gasteiger charge is 2.39. The fourth-order valence-electron chi connectivity index (χ4n) is 2.68. The molecule has 0 unspecified atom stereocenters. The van der Waals surface area contributed by atoms with Gasteiger partial charge in [0.05, 0.1) is 25.7 Å². The van der Waals surface area contributed by atoms with Crippen LogP contribution in [0.3, 0.4) is 0 Å². The van der Waals surface area contributed by atoms with Gasteiger partial charge in [0.15, 0.2) is 19.7 Å². The Kier molecular flexibility index (Phi) is 7.16. The van der Waals surface area contributed by atoms with Gasteiger partial charge in [0.2, 0.25) is 0 Å². The molecule has 15 heteroatoms. The second-order valence-corrected chi connectivity index (χ2v) is 12.4. The van der Waals surface area contributed by atoms with Crippen molar-refractivity contribution in [3.05, 3.63) is 53.3 Å². The Morgan fingerprint density at radius 2 is 1.50 bits per heavy atom. The van der Waals surface area contributed by atoms with Gasteiger partial charge in [-0.3, -0.25) is 4.79 Å². The number of benzene rings is 1. The van der Waals surface area contributed by atoms with Crippen LogP contribution in [0.5, 0.6) is 0 Å². The number of aromatic nitrogens is 1. The van der Waals surface area contributed by atoms with E-state index in [4.69, 9.17) is 0 Å². The quantitative estimate of drug-likeness (QED) is 0.571. The topological polar surface area (TPSA) is 110 Å². The first-order valence-electron chi connectivity index (χ1n) is 9.15. The summed E-state index contributed by atoms with van der Waals surface area (Å²) in [6, 6.07) is 3.17. The second kappa shape index (κ2) is 8.83. The predicted molar refractivity (Wildman–Crippen MR) is 107 cm³/mol. The van der Waals surface area contributed by atoms with Crippen LogP contribution in [-0.2, 0) is 32.0 Å². The number of nitrogens with one attached hydrogen (secondary N) is 1. The van der Waals surface area contributed by atoms with Crippen LogP contribution in [0.4, 0.5) is 26.3 Å². The van der Waals surface area contributed by atoms with Gasteiger partial charge < -0.3 is 5.32 Å². The lowest BCUT2D eigenvalue weighted by atomic mass is 10.2. The summed E-state index contributed by atoms with van der Waals surface area (Å²) >= 11 is 0. The lowest BCUT2D eigenvalue weighted by molar-refractivity contribution is -0.138. The largest absolute Gasteiger partial charge is 0.417 e. The molecule has 0 fully saturated rings. The lowest BCUT2D eigenvalue weighted by Gasteiger charge is -2.25. The Morgan fingerprint density at radius 1 is 0.941 bits per heavy atom. The third-order valence-corrected chi connectivity index (χ3v) is 8.25. The molecule has 0 aliphatic carbocycles. The summed E-state index contributed by atoms with van der Waals surface area (Å²) in [5, 5.41) is 2.08. The van der Waals surface area contributed by atoms with E-state index < -0.39 is 75.8 Å². The molecular formula is C19H18F6N2O5S2. The second-order valence-electron chi connectivity index (χ2n) is 7.81. The van der Waals surface area contributed by atoms with Crippen molar-refractivity contribution in [2.45, 2.75) is 40.7 Å². The fraction of sp³-hybridized carbons (Fsp3) is 0.368. The maximum Gasteiger partial charge on any atom is 0.417 e. The standard InChI is InChI=1S/C19H18F6N2O5S2/c1-17(2,34(31,32)13-6-4-5-11(7-13)18(20,21)22)10-27-16(28)15-14(33(3,29)30)8-12(9-26-15)19(23,24)25/h4-9H,10H2,1-3H3,(H,27,28). The maximum atomic E-state index is 13.0. The van der Waals surface area contributed by atoms with E-state index in [2.05, 4.69) is 10.3 Å². The molecule has 0 bridgehead atoms. The number of alkyl halides is 6. The lowest BCUT2D eigenvalue weighted by Crippen LogP contribution is -2.44. The molecule has 0 aliphatic heterocycles. The first-order valence-corrected chi connectivity index (χ1v) is 12.5. The van der Waals surface area contributed by atoms with E-state index in [0.717, 1.165) is 26.0 Å². The minimum absolute atomic E-state index is 0.224. The van der Waals surface area contributed by atoms with Crippen molar-refractivity contribution in [2.24, 2.45) is 0 Å². The zero-order valence-electron chi connectivity index (χ0n) is 17.7. The molecule has 0 saturated heterocycles. The van der Waals surface area contributed by atoms with Gasteiger partial charge in [0.25, 0.3) is 5.91 Å². The molecule has 0 saturated carbocycles. The van der Waals surface area contributed by atoms with Gasteiger partial charge in [0, 0.05) is 19.0 Å². The Balaban J connectivity index is 2.37. The average Bonchev–Trinajstić information content (AvgIpc) is 2.69. The van der Waals surface area contributed by atoms with Crippen molar-refractivity contribution in [1.82, 2.24) is 10.3 Å². The van der Waals surface area contributed by atoms with E-state index in [1.165, 1.54) is 0 Å². The Bertz CT molecular complexity index is 1320. The first-order chi connectivity index (χ1) is 15.2. The van der Waals surface area contributed by atoms with Crippen LogP contribution in [0.1, 0.15) is 35.5 Å². The molecule has 1 aromatic carbocycles. The number of nitrogens with zero attached hydrogens (tertiary/aromatic N) is 1. The van der Waals surface area contributed by atoms with Crippen molar-refractivity contribution in [3.8, 4) is 0 Å². The first kappa shape index (κ1) is 27.6.